The molecule has 1 amide bonds. The molecule has 1 aromatic heterocycles. The third-order valence-electron chi connectivity index (χ3n) is 2.84. The largest absolute Gasteiger partial charge is 0.381 e. The third-order valence-corrected chi connectivity index (χ3v) is 3.48. The maximum absolute atomic E-state index is 11.8. The quantitative estimate of drug-likeness (QED) is 0.925. The number of aromatic nitrogens is 1. The molecule has 0 radical (unpaired) electrons. The zero-order valence-corrected chi connectivity index (χ0v) is 11.1. The Morgan fingerprint density at radius 2 is 2.53 bits per heavy atom. The van der Waals surface area contributed by atoms with Crippen LogP contribution in [0.2, 0.25) is 0 Å². The molecule has 2 heterocycles. The topological polar surface area (TPSA) is 51.2 Å². The van der Waals surface area contributed by atoms with Gasteiger partial charge in [0.15, 0.2) is 0 Å². The maximum Gasteiger partial charge on any atom is 0.271 e. The molecular weight excluding hydrogens is 284 g/mol. The Bertz CT molecular complexity index is 392. The van der Waals surface area contributed by atoms with E-state index in [-0.39, 0.29) is 5.91 Å². The summed E-state index contributed by atoms with van der Waals surface area (Å²) in [7, 11) is 0. The first-order chi connectivity index (χ1) is 8.27. The molecule has 0 aliphatic carbocycles. The average molecular weight is 299 g/mol. The lowest BCUT2D eigenvalue weighted by Crippen LogP contribution is -2.27. The van der Waals surface area contributed by atoms with Gasteiger partial charge in [0.05, 0.1) is 0 Å². The van der Waals surface area contributed by atoms with Gasteiger partial charge in [0.2, 0.25) is 0 Å². The fraction of sp³-hybridized carbons (Fsp3) is 0.500. The Labute approximate surface area is 109 Å². The van der Waals surface area contributed by atoms with E-state index in [1.165, 1.54) is 0 Å². The Morgan fingerprint density at radius 3 is 3.24 bits per heavy atom. The van der Waals surface area contributed by atoms with E-state index in [9.17, 15) is 4.79 Å². The summed E-state index contributed by atoms with van der Waals surface area (Å²) in [6.45, 7) is 2.35. The van der Waals surface area contributed by atoms with E-state index >= 15 is 0 Å². The fourth-order valence-electron chi connectivity index (χ4n) is 1.84. The zero-order valence-electron chi connectivity index (χ0n) is 9.49. The molecule has 4 nitrogen and oxygen atoms in total. The minimum atomic E-state index is -0.128. The summed E-state index contributed by atoms with van der Waals surface area (Å²) in [6.07, 6.45) is 3.68. The third kappa shape index (κ3) is 3.51. The Balaban J connectivity index is 1.79. The molecule has 2 rings (SSSR count). The monoisotopic (exact) mass is 298 g/mol. The number of carbonyl (C=O) groups excluding carboxylic acids is 1. The molecule has 1 saturated heterocycles. The molecular formula is C12H15BrN2O2. The fourth-order valence-corrected chi connectivity index (χ4v) is 2.27. The number of hydrogen-bond acceptors (Lipinski definition) is 3. The van der Waals surface area contributed by atoms with Crippen LogP contribution in [0.25, 0.3) is 0 Å². The van der Waals surface area contributed by atoms with Crippen LogP contribution in [0.3, 0.4) is 0 Å². The molecule has 1 N–H and O–H groups in total. The van der Waals surface area contributed by atoms with Gasteiger partial charge in [0.1, 0.15) is 5.69 Å². The Hall–Kier alpha value is -0.940. The van der Waals surface area contributed by atoms with Gasteiger partial charge in [0.25, 0.3) is 5.91 Å². The van der Waals surface area contributed by atoms with Crippen molar-refractivity contribution in [2.75, 3.05) is 19.8 Å². The molecule has 1 fully saturated rings. The minimum absolute atomic E-state index is 0.128. The molecule has 92 valence electrons. The molecule has 5 heteroatoms. The van der Waals surface area contributed by atoms with E-state index < -0.39 is 0 Å². The van der Waals surface area contributed by atoms with Gasteiger partial charge in [-0.1, -0.05) is 0 Å². The molecule has 1 aliphatic heterocycles. The van der Waals surface area contributed by atoms with E-state index in [0.29, 0.717) is 18.2 Å². The second-order valence-corrected chi connectivity index (χ2v) is 4.96. The molecule has 1 aliphatic rings. The van der Waals surface area contributed by atoms with Gasteiger partial charge in [-0.3, -0.25) is 4.79 Å². The predicted molar refractivity (Wildman–Crippen MR) is 67.8 cm³/mol. The van der Waals surface area contributed by atoms with Gasteiger partial charge < -0.3 is 10.1 Å². The van der Waals surface area contributed by atoms with Crippen molar-refractivity contribution < 1.29 is 9.53 Å². The van der Waals surface area contributed by atoms with Gasteiger partial charge in [-0.2, -0.15) is 0 Å². The van der Waals surface area contributed by atoms with Gasteiger partial charge in [-0.25, -0.2) is 4.98 Å². The normalized spacial score (nSPS) is 19.2. The lowest BCUT2D eigenvalue weighted by atomic mass is 10.1. The number of rotatable bonds is 4. The maximum atomic E-state index is 11.8. The highest BCUT2D eigenvalue weighted by Crippen LogP contribution is 2.16. The molecule has 1 aromatic rings. The summed E-state index contributed by atoms with van der Waals surface area (Å²) in [4.78, 5) is 15.8. The highest BCUT2D eigenvalue weighted by atomic mass is 79.9. The van der Waals surface area contributed by atoms with Crippen LogP contribution in [0.1, 0.15) is 23.3 Å². The van der Waals surface area contributed by atoms with Gasteiger partial charge >= 0.3 is 0 Å². The molecule has 0 aromatic carbocycles. The van der Waals surface area contributed by atoms with E-state index in [4.69, 9.17) is 4.74 Å². The highest BCUT2D eigenvalue weighted by molar-refractivity contribution is 9.10. The van der Waals surface area contributed by atoms with Crippen LogP contribution in [0.5, 0.6) is 0 Å². The van der Waals surface area contributed by atoms with E-state index in [0.717, 1.165) is 30.5 Å². The van der Waals surface area contributed by atoms with Crippen molar-refractivity contribution in [3.05, 3.63) is 28.5 Å². The predicted octanol–water partition coefficient (Wildman–Crippen LogP) is 2.00. The van der Waals surface area contributed by atoms with Crippen molar-refractivity contribution in [2.45, 2.75) is 12.8 Å². The first-order valence-corrected chi connectivity index (χ1v) is 6.53. The number of hydrogen-bond donors (Lipinski definition) is 1. The van der Waals surface area contributed by atoms with E-state index in [2.05, 4.69) is 26.2 Å². The molecule has 1 atom stereocenters. The summed E-state index contributed by atoms with van der Waals surface area (Å²) in [6, 6.07) is 3.60. The van der Waals surface area contributed by atoms with Crippen molar-refractivity contribution >= 4 is 21.8 Å². The summed E-state index contributed by atoms with van der Waals surface area (Å²) in [5.41, 5.74) is 0.440. The second kappa shape index (κ2) is 6.12. The average Bonchev–Trinajstić information content (AvgIpc) is 2.82. The summed E-state index contributed by atoms with van der Waals surface area (Å²) < 4.78 is 6.01. The minimum Gasteiger partial charge on any atom is -0.381 e. The van der Waals surface area contributed by atoms with Crippen LogP contribution in [0.4, 0.5) is 0 Å². The Morgan fingerprint density at radius 1 is 1.65 bits per heavy atom. The van der Waals surface area contributed by atoms with Crippen LogP contribution in [0, 0.1) is 5.92 Å². The van der Waals surface area contributed by atoms with Gasteiger partial charge in [0, 0.05) is 30.4 Å². The summed E-state index contributed by atoms with van der Waals surface area (Å²) in [5.74, 6) is 0.457. The number of halogens is 1. The number of nitrogens with one attached hydrogen (secondary N) is 1. The van der Waals surface area contributed by atoms with Crippen molar-refractivity contribution in [1.82, 2.24) is 10.3 Å². The molecule has 0 saturated carbocycles. The van der Waals surface area contributed by atoms with Crippen molar-refractivity contribution in [3.8, 4) is 0 Å². The highest BCUT2D eigenvalue weighted by Gasteiger charge is 2.16. The number of pyridine rings is 1. The Kier molecular flexibility index (Phi) is 4.50. The molecule has 0 spiro atoms. The first kappa shape index (κ1) is 12.5. The van der Waals surface area contributed by atoms with Crippen molar-refractivity contribution in [3.63, 3.8) is 0 Å². The van der Waals surface area contributed by atoms with Crippen molar-refractivity contribution in [2.24, 2.45) is 5.92 Å². The SMILES string of the molecule is O=C(NCCC1CCOC1)c1ncccc1Br. The van der Waals surface area contributed by atoms with Gasteiger partial charge in [-0.05, 0) is 46.8 Å². The molecule has 1 unspecified atom stereocenters. The van der Waals surface area contributed by atoms with Crippen LogP contribution >= 0.6 is 15.9 Å². The molecule has 17 heavy (non-hydrogen) atoms. The summed E-state index contributed by atoms with van der Waals surface area (Å²) in [5, 5.41) is 2.88. The van der Waals surface area contributed by atoms with Gasteiger partial charge in [-0.15, -0.1) is 0 Å². The number of nitrogens with zero attached hydrogens (tertiary/aromatic N) is 1. The molecule has 0 bridgehead atoms. The summed E-state index contributed by atoms with van der Waals surface area (Å²) >= 11 is 3.31. The zero-order chi connectivity index (χ0) is 12.1. The lowest BCUT2D eigenvalue weighted by molar-refractivity contribution is 0.0944. The first-order valence-electron chi connectivity index (χ1n) is 5.74. The van der Waals surface area contributed by atoms with Crippen LogP contribution < -0.4 is 5.32 Å². The lowest BCUT2D eigenvalue weighted by Gasteiger charge is -2.09. The van der Waals surface area contributed by atoms with Crippen LogP contribution in [0.15, 0.2) is 22.8 Å². The second-order valence-electron chi connectivity index (χ2n) is 4.11. The van der Waals surface area contributed by atoms with Crippen molar-refractivity contribution in [1.29, 1.82) is 0 Å². The number of amides is 1. The van der Waals surface area contributed by atoms with E-state index in [1.54, 1.807) is 12.3 Å². The van der Waals surface area contributed by atoms with Crippen LogP contribution in [-0.2, 0) is 4.74 Å². The standard InChI is InChI=1S/C12H15BrN2O2/c13-10-2-1-5-14-11(10)12(16)15-6-3-9-4-7-17-8-9/h1-2,5,9H,3-4,6-8H2,(H,15,16). The number of carbonyl (C=O) groups is 1. The number of ether oxygens (including phenoxy) is 1. The van der Waals surface area contributed by atoms with E-state index in [1.807, 2.05) is 6.07 Å². The van der Waals surface area contributed by atoms with Crippen LogP contribution in [-0.4, -0.2) is 30.6 Å². The smallest absolute Gasteiger partial charge is 0.271 e.